The summed E-state index contributed by atoms with van der Waals surface area (Å²) in [7, 11) is 2.06. The van der Waals surface area contributed by atoms with Gasteiger partial charge in [-0.3, -0.25) is 9.97 Å². The van der Waals surface area contributed by atoms with Gasteiger partial charge in [0.25, 0.3) is 0 Å². The number of anilines is 2. The molecule has 0 spiro atoms. The second kappa shape index (κ2) is 9.36. The van der Waals surface area contributed by atoms with Crippen molar-refractivity contribution in [2.24, 2.45) is 7.05 Å². The molecule has 0 fully saturated rings. The SMILES string of the molecule is C#C/C=C(\C(=C/C)c1ccc2c(ccn2C)c1)C(C)N(c1cccnc1)c1cccnc1. The molecule has 4 nitrogen and oxygen atoms in total. The lowest BCUT2D eigenvalue weighted by atomic mass is 9.91. The third-order valence-electron chi connectivity index (χ3n) is 5.72. The molecule has 1 atom stereocenters. The van der Waals surface area contributed by atoms with Crippen LogP contribution in [-0.4, -0.2) is 20.6 Å². The molecule has 0 saturated carbocycles. The lowest BCUT2D eigenvalue weighted by Crippen LogP contribution is -2.31. The van der Waals surface area contributed by atoms with E-state index in [1.807, 2.05) is 30.6 Å². The van der Waals surface area contributed by atoms with E-state index in [2.05, 4.69) is 94.9 Å². The van der Waals surface area contributed by atoms with E-state index in [0.717, 1.165) is 28.1 Å². The minimum Gasteiger partial charge on any atom is -0.351 e. The van der Waals surface area contributed by atoms with Gasteiger partial charge < -0.3 is 9.47 Å². The van der Waals surface area contributed by atoms with Crippen molar-refractivity contribution < 1.29 is 0 Å². The van der Waals surface area contributed by atoms with Crippen LogP contribution in [0.5, 0.6) is 0 Å². The van der Waals surface area contributed by atoms with Crippen LogP contribution in [0.1, 0.15) is 19.4 Å². The zero-order valence-corrected chi connectivity index (χ0v) is 18.6. The van der Waals surface area contributed by atoms with E-state index in [1.54, 1.807) is 12.4 Å². The second-order valence-electron chi connectivity index (χ2n) is 7.64. The van der Waals surface area contributed by atoms with Crippen molar-refractivity contribution >= 4 is 27.9 Å². The molecule has 0 bridgehead atoms. The zero-order valence-electron chi connectivity index (χ0n) is 18.6. The average molecular weight is 419 g/mol. The van der Waals surface area contributed by atoms with Gasteiger partial charge in [-0.25, -0.2) is 0 Å². The van der Waals surface area contributed by atoms with E-state index in [0.29, 0.717) is 0 Å². The molecule has 4 heteroatoms. The van der Waals surface area contributed by atoms with Gasteiger partial charge in [0.15, 0.2) is 0 Å². The number of aryl methyl sites for hydroxylation is 1. The van der Waals surface area contributed by atoms with E-state index in [4.69, 9.17) is 6.42 Å². The molecule has 32 heavy (non-hydrogen) atoms. The maximum absolute atomic E-state index is 5.81. The Balaban J connectivity index is 1.81. The maximum atomic E-state index is 5.81. The Labute approximate surface area is 189 Å². The van der Waals surface area contributed by atoms with Crippen molar-refractivity contribution in [3.05, 3.63) is 103 Å². The predicted octanol–water partition coefficient (Wildman–Crippen LogP) is 6.16. The number of fused-ring (bicyclic) bond motifs is 1. The van der Waals surface area contributed by atoms with E-state index in [9.17, 15) is 0 Å². The van der Waals surface area contributed by atoms with Crippen LogP contribution in [0.3, 0.4) is 0 Å². The van der Waals surface area contributed by atoms with Gasteiger partial charge in [0.2, 0.25) is 0 Å². The molecule has 0 amide bonds. The van der Waals surface area contributed by atoms with Gasteiger partial charge in [-0.2, -0.15) is 0 Å². The zero-order chi connectivity index (χ0) is 22.5. The van der Waals surface area contributed by atoms with Gasteiger partial charge in [0.05, 0.1) is 29.8 Å². The normalized spacial score (nSPS) is 13.1. The third-order valence-corrected chi connectivity index (χ3v) is 5.72. The van der Waals surface area contributed by atoms with E-state index in [-0.39, 0.29) is 6.04 Å². The fourth-order valence-corrected chi connectivity index (χ4v) is 4.19. The van der Waals surface area contributed by atoms with Crippen molar-refractivity contribution in [1.29, 1.82) is 0 Å². The highest BCUT2D eigenvalue weighted by Gasteiger charge is 2.24. The number of benzene rings is 1. The number of hydrogen-bond donors (Lipinski definition) is 0. The first-order valence-corrected chi connectivity index (χ1v) is 10.6. The van der Waals surface area contributed by atoms with Gasteiger partial charge in [-0.15, -0.1) is 6.42 Å². The van der Waals surface area contributed by atoms with Crippen LogP contribution in [0.15, 0.2) is 97.2 Å². The largest absolute Gasteiger partial charge is 0.351 e. The molecule has 4 rings (SSSR count). The molecule has 158 valence electrons. The average Bonchev–Trinajstić information content (AvgIpc) is 3.20. The molecular formula is C28H26N4. The standard InChI is InChI=1S/C28H26N4/c1-5-9-27(26(6-2)22-12-13-28-23(18-22)14-17-31(28)4)21(3)32(24-10-7-15-29-19-24)25-11-8-16-30-20-25/h1,6-21H,2-4H3/b26-6-,27-9-. The Morgan fingerprint density at radius 1 is 1.06 bits per heavy atom. The summed E-state index contributed by atoms with van der Waals surface area (Å²) in [4.78, 5) is 10.9. The molecule has 1 aromatic carbocycles. The molecule has 0 radical (unpaired) electrons. The van der Waals surface area contributed by atoms with Crippen LogP contribution in [0.4, 0.5) is 11.4 Å². The molecule has 0 aliphatic rings. The van der Waals surface area contributed by atoms with E-state index < -0.39 is 0 Å². The van der Waals surface area contributed by atoms with Crippen molar-refractivity contribution in [3.8, 4) is 12.3 Å². The second-order valence-corrected chi connectivity index (χ2v) is 7.64. The molecule has 3 aromatic heterocycles. The molecule has 0 aliphatic carbocycles. The molecule has 0 N–H and O–H groups in total. The fraction of sp³-hybridized carbons (Fsp3) is 0.143. The lowest BCUT2D eigenvalue weighted by molar-refractivity contribution is 0.832. The first-order chi connectivity index (χ1) is 15.6. The highest BCUT2D eigenvalue weighted by molar-refractivity contribution is 5.89. The summed E-state index contributed by atoms with van der Waals surface area (Å²) in [6, 6.07) is 16.6. The fourth-order valence-electron chi connectivity index (χ4n) is 4.19. The Morgan fingerprint density at radius 2 is 1.75 bits per heavy atom. The van der Waals surface area contributed by atoms with E-state index in [1.165, 1.54) is 10.9 Å². The van der Waals surface area contributed by atoms with Gasteiger partial charge in [0.1, 0.15) is 0 Å². The van der Waals surface area contributed by atoms with Crippen LogP contribution >= 0.6 is 0 Å². The van der Waals surface area contributed by atoms with Gasteiger partial charge in [-0.05, 0) is 79.1 Å². The van der Waals surface area contributed by atoms with Crippen molar-refractivity contribution in [2.75, 3.05) is 4.90 Å². The van der Waals surface area contributed by atoms with Gasteiger partial charge in [-0.1, -0.05) is 18.1 Å². The topological polar surface area (TPSA) is 34.0 Å². The number of rotatable bonds is 6. The van der Waals surface area contributed by atoms with Gasteiger partial charge >= 0.3 is 0 Å². The summed E-state index contributed by atoms with van der Waals surface area (Å²) in [6.07, 6.45) is 19.2. The van der Waals surface area contributed by atoms with Crippen LogP contribution < -0.4 is 4.90 Å². The van der Waals surface area contributed by atoms with Crippen LogP contribution in [0.25, 0.3) is 16.5 Å². The Kier molecular flexibility index (Phi) is 6.19. The minimum absolute atomic E-state index is 0.0582. The number of allylic oxidation sites excluding steroid dienone is 2. The summed E-state index contributed by atoms with van der Waals surface area (Å²) in [6.45, 7) is 4.22. The summed E-state index contributed by atoms with van der Waals surface area (Å²) in [5.74, 6) is 2.77. The number of nitrogens with zero attached hydrogens (tertiary/aromatic N) is 4. The smallest absolute Gasteiger partial charge is 0.0603 e. The number of hydrogen-bond acceptors (Lipinski definition) is 3. The first kappa shape index (κ1) is 21.1. The van der Waals surface area contributed by atoms with Crippen molar-refractivity contribution in [1.82, 2.24) is 14.5 Å². The molecule has 0 aliphatic heterocycles. The Bertz CT molecular complexity index is 1270. The molecule has 1 unspecified atom stereocenters. The van der Waals surface area contributed by atoms with Crippen LogP contribution in [-0.2, 0) is 7.05 Å². The summed E-state index contributed by atoms with van der Waals surface area (Å²) >= 11 is 0. The molecule has 4 aromatic rings. The molecule has 3 heterocycles. The lowest BCUT2D eigenvalue weighted by Gasteiger charge is -2.33. The number of terminal acetylenes is 1. The quantitative estimate of drug-likeness (QED) is 0.278. The predicted molar refractivity (Wildman–Crippen MR) is 134 cm³/mol. The Morgan fingerprint density at radius 3 is 2.31 bits per heavy atom. The molecular weight excluding hydrogens is 392 g/mol. The monoisotopic (exact) mass is 418 g/mol. The summed E-state index contributed by atoms with van der Waals surface area (Å²) < 4.78 is 2.13. The number of aromatic nitrogens is 3. The van der Waals surface area contributed by atoms with Crippen molar-refractivity contribution in [3.63, 3.8) is 0 Å². The van der Waals surface area contributed by atoms with Crippen LogP contribution in [0.2, 0.25) is 0 Å². The summed E-state index contributed by atoms with van der Waals surface area (Å²) in [5.41, 5.74) is 6.45. The third kappa shape index (κ3) is 4.06. The molecule has 0 saturated heterocycles. The van der Waals surface area contributed by atoms with Crippen LogP contribution in [0, 0.1) is 12.3 Å². The number of pyridine rings is 2. The minimum atomic E-state index is -0.0582. The van der Waals surface area contributed by atoms with Gasteiger partial charge in [0, 0.05) is 36.5 Å². The van der Waals surface area contributed by atoms with E-state index >= 15 is 0 Å². The first-order valence-electron chi connectivity index (χ1n) is 10.6. The Hall–Kier alpha value is -4.10. The van der Waals surface area contributed by atoms with Crippen molar-refractivity contribution in [2.45, 2.75) is 19.9 Å². The highest BCUT2D eigenvalue weighted by Crippen LogP contribution is 2.35. The highest BCUT2D eigenvalue weighted by atomic mass is 15.2. The summed E-state index contributed by atoms with van der Waals surface area (Å²) in [5, 5.41) is 1.20. The maximum Gasteiger partial charge on any atom is 0.0603 e.